The summed E-state index contributed by atoms with van der Waals surface area (Å²) in [7, 11) is 0. The van der Waals surface area contributed by atoms with E-state index in [4.69, 9.17) is 4.52 Å². The maximum atomic E-state index is 12.6. The number of hydrogen-bond donors (Lipinski definition) is 1. The molecule has 6 heteroatoms. The zero-order chi connectivity index (χ0) is 18.6. The standard InChI is InChI=1S/C21H23N3O2S/c1-2-24(14-15-6-4-3-5-7-15)12-11-22-21(25)19-17-8-9-18-16(10-13-27-18)20(17)26-23-19/h3-7,10,13H,2,8-9,11-12,14H2,1H3,(H,22,25). The molecule has 0 fully saturated rings. The van der Waals surface area contributed by atoms with E-state index in [1.54, 1.807) is 11.3 Å². The number of likely N-dealkylation sites (N-methyl/N-ethyl adjacent to an activating group) is 1. The SMILES string of the molecule is CCN(CCNC(=O)c1noc2c1CCc1sccc1-2)Cc1ccccc1. The van der Waals surface area contributed by atoms with Gasteiger partial charge in [-0.2, -0.15) is 0 Å². The number of fused-ring (bicyclic) bond motifs is 3. The number of aromatic nitrogens is 1. The summed E-state index contributed by atoms with van der Waals surface area (Å²) in [4.78, 5) is 16.2. The summed E-state index contributed by atoms with van der Waals surface area (Å²) >= 11 is 1.73. The highest BCUT2D eigenvalue weighted by Gasteiger charge is 2.28. The molecule has 1 aliphatic carbocycles. The second-order valence-electron chi connectivity index (χ2n) is 6.71. The predicted molar refractivity (Wildman–Crippen MR) is 107 cm³/mol. The minimum absolute atomic E-state index is 0.144. The van der Waals surface area contributed by atoms with Gasteiger partial charge in [-0.25, -0.2) is 0 Å². The van der Waals surface area contributed by atoms with E-state index in [9.17, 15) is 4.79 Å². The smallest absolute Gasteiger partial charge is 0.273 e. The second kappa shape index (κ2) is 8.06. The van der Waals surface area contributed by atoms with E-state index in [1.807, 2.05) is 12.1 Å². The Bertz CT molecular complexity index is 917. The van der Waals surface area contributed by atoms with E-state index < -0.39 is 0 Å². The largest absolute Gasteiger partial charge is 0.355 e. The summed E-state index contributed by atoms with van der Waals surface area (Å²) in [6.45, 7) is 5.34. The van der Waals surface area contributed by atoms with Crippen LogP contribution in [-0.2, 0) is 19.4 Å². The van der Waals surface area contributed by atoms with Gasteiger partial charge in [0.05, 0.1) is 0 Å². The van der Waals surface area contributed by atoms with Crippen molar-refractivity contribution in [2.24, 2.45) is 0 Å². The molecule has 0 atom stereocenters. The summed E-state index contributed by atoms with van der Waals surface area (Å²) in [6.07, 6.45) is 1.76. The summed E-state index contributed by atoms with van der Waals surface area (Å²) in [5.41, 5.74) is 3.75. The van der Waals surface area contributed by atoms with Crippen molar-refractivity contribution < 1.29 is 9.32 Å². The van der Waals surface area contributed by atoms with Crippen LogP contribution < -0.4 is 5.32 Å². The van der Waals surface area contributed by atoms with Gasteiger partial charge >= 0.3 is 0 Å². The molecule has 0 aliphatic heterocycles. The third kappa shape index (κ3) is 3.82. The quantitative estimate of drug-likeness (QED) is 0.677. The normalized spacial score (nSPS) is 12.7. The Balaban J connectivity index is 1.35. The van der Waals surface area contributed by atoms with E-state index in [2.05, 4.69) is 51.9 Å². The molecule has 3 aromatic rings. The van der Waals surface area contributed by atoms with Crippen LogP contribution in [0.3, 0.4) is 0 Å². The third-order valence-corrected chi connectivity index (χ3v) is 5.99. The number of hydrogen-bond acceptors (Lipinski definition) is 5. The van der Waals surface area contributed by atoms with E-state index in [-0.39, 0.29) is 5.91 Å². The number of amides is 1. The zero-order valence-electron chi connectivity index (χ0n) is 15.4. The fraction of sp³-hybridized carbons (Fsp3) is 0.333. The van der Waals surface area contributed by atoms with Crippen molar-refractivity contribution in [3.05, 3.63) is 63.5 Å². The molecule has 1 amide bonds. The van der Waals surface area contributed by atoms with Gasteiger partial charge < -0.3 is 9.84 Å². The Morgan fingerprint density at radius 1 is 1.26 bits per heavy atom. The van der Waals surface area contributed by atoms with E-state index >= 15 is 0 Å². The van der Waals surface area contributed by atoms with Crippen LogP contribution in [0.25, 0.3) is 11.3 Å². The number of rotatable bonds is 7. The molecule has 0 spiro atoms. The van der Waals surface area contributed by atoms with Gasteiger partial charge in [0.1, 0.15) is 0 Å². The summed E-state index contributed by atoms with van der Waals surface area (Å²) in [6, 6.07) is 12.4. The van der Waals surface area contributed by atoms with Crippen LogP contribution in [0.4, 0.5) is 0 Å². The second-order valence-corrected chi connectivity index (χ2v) is 7.71. The Kier molecular flexibility index (Phi) is 5.36. The molecule has 4 rings (SSSR count). The number of nitrogens with zero attached hydrogens (tertiary/aromatic N) is 2. The van der Waals surface area contributed by atoms with Crippen molar-refractivity contribution in [3.63, 3.8) is 0 Å². The number of aryl methyl sites for hydroxylation is 1. The molecule has 27 heavy (non-hydrogen) atoms. The van der Waals surface area contributed by atoms with Gasteiger partial charge in [0.15, 0.2) is 11.5 Å². The topological polar surface area (TPSA) is 58.4 Å². The van der Waals surface area contributed by atoms with Gasteiger partial charge in [-0.05, 0) is 36.4 Å². The molecule has 0 bridgehead atoms. The molecule has 5 nitrogen and oxygen atoms in total. The van der Waals surface area contributed by atoms with Crippen LogP contribution in [0.5, 0.6) is 0 Å². The van der Waals surface area contributed by atoms with Gasteiger partial charge in [-0.3, -0.25) is 9.69 Å². The van der Waals surface area contributed by atoms with Crippen LogP contribution in [0, 0.1) is 0 Å². The first-order chi connectivity index (χ1) is 13.3. The van der Waals surface area contributed by atoms with Gasteiger partial charge in [-0.15, -0.1) is 11.3 Å². The number of carbonyl (C=O) groups excluding carboxylic acids is 1. The van der Waals surface area contributed by atoms with Crippen molar-refractivity contribution in [2.75, 3.05) is 19.6 Å². The first-order valence-electron chi connectivity index (χ1n) is 9.36. The number of carbonyl (C=O) groups is 1. The lowest BCUT2D eigenvalue weighted by Crippen LogP contribution is -2.35. The van der Waals surface area contributed by atoms with Crippen LogP contribution in [0.1, 0.15) is 33.4 Å². The first-order valence-corrected chi connectivity index (χ1v) is 10.2. The van der Waals surface area contributed by atoms with Gasteiger partial charge in [0.2, 0.25) is 0 Å². The van der Waals surface area contributed by atoms with Crippen LogP contribution >= 0.6 is 11.3 Å². The van der Waals surface area contributed by atoms with Gasteiger partial charge in [0.25, 0.3) is 5.91 Å². The van der Waals surface area contributed by atoms with Gasteiger partial charge in [0, 0.05) is 35.6 Å². The molecule has 1 aromatic carbocycles. The highest BCUT2D eigenvalue weighted by Crippen LogP contribution is 2.37. The Hall–Kier alpha value is -2.44. The van der Waals surface area contributed by atoms with Crippen LogP contribution in [0.2, 0.25) is 0 Å². The summed E-state index contributed by atoms with van der Waals surface area (Å²) in [5, 5.41) is 9.13. The summed E-state index contributed by atoms with van der Waals surface area (Å²) in [5.74, 6) is 0.622. The maximum Gasteiger partial charge on any atom is 0.273 e. The average molecular weight is 382 g/mol. The van der Waals surface area contributed by atoms with Crippen molar-refractivity contribution in [2.45, 2.75) is 26.3 Å². The van der Waals surface area contributed by atoms with E-state index in [1.165, 1.54) is 10.4 Å². The monoisotopic (exact) mass is 381 g/mol. The van der Waals surface area contributed by atoms with Crippen molar-refractivity contribution in [3.8, 4) is 11.3 Å². The minimum Gasteiger partial charge on any atom is -0.355 e. The molecule has 2 heterocycles. The highest BCUT2D eigenvalue weighted by atomic mass is 32.1. The van der Waals surface area contributed by atoms with Gasteiger partial charge in [-0.1, -0.05) is 42.4 Å². The minimum atomic E-state index is -0.144. The van der Waals surface area contributed by atoms with Crippen LogP contribution in [0.15, 0.2) is 46.3 Å². The highest BCUT2D eigenvalue weighted by molar-refractivity contribution is 7.10. The molecule has 140 valence electrons. The number of thiophene rings is 1. The molecular weight excluding hydrogens is 358 g/mol. The van der Waals surface area contributed by atoms with Crippen molar-refractivity contribution in [1.82, 2.24) is 15.4 Å². The molecule has 1 aliphatic rings. The maximum absolute atomic E-state index is 12.6. The fourth-order valence-corrected chi connectivity index (χ4v) is 4.38. The molecule has 0 saturated heterocycles. The average Bonchev–Trinajstić information content (AvgIpc) is 3.34. The summed E-state index contributed by atoms with van der Waals surface area (Å²) < 4.78 is 5.51. The predicted octanol–water partition coefficient (Wildman–Crippen LogP) is 3.75. The lowest BCUT2D eigenvalue weighted by atomic mass is 9.95. The molecule has 0 radical (unpaired) electrons. The number of nitrogens with one attached hydrogen (secondary N) is 1. The first kappa shape index (κ1) is 17.9. The Labute approximate surface area is 163 Å². The molecule has 1 N–H and O–H groups in total. The Morgan fingerprint density at radius 3 is 2.93 bits per heavy atom. The number of benzene rings is 1. The fourth-order valence-electron chi connectivity index (χ4n) is 3.51. The lowest BCUT2D eigenvalue weighted by molar-refractivity contribution is 0.0938. The Morgan fingerprint density at radius 2 is 2.11 bits per heavy atom. The molecule has 0 unspecified atom stereocenters. The van der Waals surface area contributed by atoms with Crippen LogP contribution in [-0.4, -0.2) is 35.6 Å². The van der Waals surface area contributed by atoms with E-state index in [0.717, 1.165) is 49.4 Å². The van der Waals surface area contributed by atoms with E-state index in [0.29, 0.717) is 12.2 Å². The third-order valence-electron chi connectivity index (χ3n) is 5.01. The van der Waals surface area contributed by atoms with Crippen molar-refractivity contribution in [1.29, 1.82) is 0 Å². The molecule has 2 aromatic heterocycles. The lowest BCUT2D eigenvalue weighted by Gasteiger charge is -2.20. The zero-order valence-corrected chi connectivity index (χ0v) is 16.2. The molecule has 0 saturated carbocycles. The molecular formula is C21H23N3O2S. The van der Waals surface area contributed by atoms with Crippen molar-refractivity contribution >= 4 is 17.2 Å².